The molecule has 0 aliphatic carbocycles. The van der Waals surface area contributed by atoms with Crippen LogP contribution in [-0.2, 0) is 9.53 Å². The van der Waals surface area contributed by atoms with Gasteiger partial charge in [-0.25, -0.2) is 9.18 Å². The van der Waals surface area contributed by atoms with Crippen LogP contribution in [0.3, 0.4) is 0 Å². The summed E-state index contributed by atoms with van der Waals surface area (Å²) in [5.41, 5.74) is 1.84. The zero-order chi connectivity index (χ0) is 24.4. The Morgan fingerprint density at radius 3 is 2.66 bits per heavy atom. The minimum atomic E-state index is -0.552. The van der Waals surface area contributed by atoms with Crippen LogP contribution in [0.1, 0.15) is 25.8 Å². The molecule has 2 aromatic carbocycles. The van der Waals surface area contributed by atoms with Gasteiger partial charge in [0.2, 0.25) is 11.7 Å². The predicted molar refractivity (Wildman–Crippen MR) is 126 cm³/mol. The highest BCUT2D eigenvalue weighted by molar-refractivity contribution is 5.90. The highest BCUT2D eigenvalue weighted by Gasteiger charge is 2.33. The molecule has 3 aromatic rings. The van der Waals surface area contributed by atoms with E-state index < -0.39 is 18.0 Å². The Balaban J connectivity index is 1.20. The Morgan fingerprint density at radius 1 is 1.17 bits per heavy atom. The summed E-state index contributed by atoms with van der Waals surface area (Å²) in [5.74, 6) is -0.00590. The van der Waals surface area contributed by atoms with Crippen LogP contribution >= 0.6 is 0 Å². The molecular weight excluding hydrogens is 453 g/mol. The van der Waals surface area contributed by atoms with Crippen molar-refractivity contribution in [2.24, 2.45) is 0 Å². The summed E-state index contributed by atoms with van der Waals surface area (Å²) in [5, 5.41) is 15.6. The number of tetrazole rings is 1. The third kappa shape index (κ3) is 4.93. The molecule has 2 fully saturated rings. The standard InChI is InChI=1S/C24H26FN7O3/c1-16(33)26-14-20-15-31(24(34)35-20)19-7-8-22(21(25)13-19)30-11-9-18(10-12-30)32-28-23(27-29-32)17-5-3-2-4-6-17/h2-8,13,18,20H,9-12,14-15H2,1H3,(H,26,33). The van der Waals surface area contributed by atoms with Gasteiger partial charge in [-0.1, -0.05) is 30.3 Å². The van der Waals surface area contributed by atoms with Crippen molar-refractivity contribution in [1.29, 1.82) is 0 Å². The van der Waals surface area contributed by atoms with Crippen molar-refractivity contribution in [3.05, 3.63) is 54.3 Å². The zero-order valence-electron chi connectivity index (χ0n) is 19.3. The number of hydrogen-bond donors (Lipinski definition) is 1. The summed E-state index contributed by atoms with van der Waals surface area (Å²) in [6.45, 7) is 3.16. The average Bonchev–Trinajstić information content (AvgIpc) is 3.50. The van der Waals surface area contributed by atoms with Crippen LogP contribution in [0.25, 0.3) is 11.4 Å². The second kappa shape index (κ2) is 9.69. The summed E-state index contributed by atoms with van der Waals surface area (Å²) < 4.78 is 20.3. The van der Waals surface area contributed by atoms with Gasteiger partial charge in [-0.3, -0.25) is 9.69 Å². The summed E-state index contributed by atoms with van der Waals surface area (Å²) in [4.78, 5) is 28.4. The Kier molecular flexibility index (Phi) is 6.30. The number of amides is 2. The van der Waals surface area contributed by atoms with E-state index in [0.717, 1.165) is 18.4 Å². The molecule has 1 unspecified atom stereocenters. The molecule has 1 atom stereocenters. The second-order valence-corrected chi connectivity index (χ2v) is 8.71. The van der Waals surface area contributed by atoms with Crippen molar-refractivity contribution in [2.75, 3.05) is 36.0 Å². The van der Waals surface area contributed by atoms with E-state index in [1.165, 1.54) is 17.9 Å². The molecule has 11 heteroatoms. The van der Waals surface area contributed by atoms with Crippen molar-refractivity contribution in [3.63, 3.8) is 0 Å². The number of anilines is 2. The molecule has 10 nitrogen and oxygen atoms in total. The number of benzene rings is 2. The van der Waals surface area contributed by atoms with E-state index in [0.29, 0.717) is 30.3 Å². The van der Waals surface area contributed by atoms with Gasteiger partial charge in [-0.2, -0.15) is 4.80 Å². The van der Waals surface area contributed by atoms with Gasteiger partial charge in [0.1, 0.15) is 11.9 Å². The number of carbonyl (C=O) groups excluding carboxylic acids is 2. The number of rotatable bonds is 6. The van der Waals surface area contributed by atoms with Crippen molar-refractivity contribution in [3.8, 4) is 11.4 Å². The van der Waals surface area contributed by atoms with Crippen LogP contribution in [-0.4, -0.2) is 64.5 Å². The lowest BCUT2D eigenvalue weighted by Gasteiger charge is -2.33. The molecule has 0 saturated carbocycles. The number of nitrogens with one attached hydrogen (secondary N) is 1. The van der Waals surface area contributed by atoms with Crippen LogP contribution in [0.15, 0.2) is 48.5 Å². The van der Waals surface area contributed by atoms with Crippen molar-refractivity contribution in [2.45, 2.75) is 31.9 Å². The molecule has 35 heavy (non-hydrogen) atoms. The molecule has 5 rings (SSSR count). The Hall–Kier alpha value is -4.02. The van der Waals surface area contributed by atoms with Gasteiger partial charge in [-0.15, -0.1) is 10.2 Å². The highest BCUT2D eigenvalue weighted by Crippen LogP contribution is 2.31. The monoisotopic (exact) mass is 479 g/mol. The van der Waals surface area contributed by atoms with Crippen molar-refractivity contribution < 1.29 is 18.7 Å². The molecule has 2 aliphatic heterocycles. The lowest BCUT2D eigenvalue weighted by molar-refractivity contribution is -0.119. The largest absolute Gasteiger partial charge is 0.442 e. The zero-order valence-corrected chi connectivity index (χ0v) is 19.3. The number of carbonyl (C=O) groups is 2. The molecule has 1 N–H and O–H groups in total. The van der Waals surface area contributed by atoms with Gasteiger partial charge >= 0.3 is 6.09 Å². The maximum absolute atomic E-state index is 15.1. The van der Waals surface area contributed by atoms with Crippen LogP contribution in [0.4, 0.5) is 20.6 Å². The fourth-order valence-electron chi connectivity index (χ4n) is 4.44. The molecule has 182 valence electrons. The quantitative estimate of drug-likeness (QED) is 0.580. The number of hydrogen-bond acceptors (Lipinski definition) is 7. The second-order valence-electron chi connectivity index (χ2n) is 8.71. The highest BCUT2D eigenvalue weighted by atomic mass is 19.1. The van der Waals surface area contributed by atoms with Gasteiger partial charge in [0.05, 0.1) is 30.5 Å². The first-order valence-corrected chi connectivity index (χ1v) is 11.6. The molecule has 0 spiro atoms. The van der Waals surface area contributed by atoms with E-state index in [9.17, 15) is 9.59 Å². The fraction of sp³-hybridized carbons (Fsp3) is 0.375. The maximum atomic E-state index is 15.1. The molecule has 2 saturated heterocycles. The first kappa shape index (κ1) is 22.8. The smallest absolute Gasteiger partial charge is 0.414 e. The van der Waals surface area contributed by atoms with Crippen LogP contribution in [0.5, 0.6) is 0 Å². The topological polar surface area (TPSA) is 105 Å². The number of piperidine rings is 1. The molecule has 1 aromatic heterocycles. The molecular formula is C24H26FN7O3. The lowest BCUT2D eigenvalue weighted by atomic mass is 10.0. The number of nitrogens with zero attached hydrogens (tertiary/aromatic N) is 6. The average molecular weight is 480 g/mol. The van der Waals surface area contributed by atoms with Crippen LogP contribution in [0, 0.1) is 5.82 Å². The summed E-state index contributed by atoms with van der Waals surface area (Å²) in [6, 6.07) is 14.6. The minimum Gasteiger partial charge on any atom is -0.442 e. The molecule has 0 bridgehead atoms. The van der Waals surface area contributed by atoms with Crippen molar-refractivity contribution >= 4 is 23.4 Å². The van der Waals surface area contributed by atoms with Gasteiger partial charge in [-0.05, 0) is 36.3 Å². The van der Waals surface area contributed by atoms with Gasteiger partial charge in [0, 0.05) is 25.6 Å². The fourth-order valence-corrected chi connectivity index (χ4v) is 4.44. The Labute approximate surface area is 201 Å². The minimum absolute atomic E-state index is 0.0958. The van der Waals surface area contributed by atoms with Gasteiger partial charge in [0.15, 0.2) is 0 Å². The van der Waals surface area contributed by atoms with Crippen molar-refractivity contribution in [1.82, 2.24) is 25.5 Å². The van der Waals surface area contributed by atoms with Gasteiger partial charge in [0.25, 0.3) is 0 Å². The summed E-state index contributed by atoms with van der Waals surface area (Å²) >= 11 is 0. The van der Waals surface area contributed by atoms with E-state index in [4.69, 9.17) is 4.74 Å². The van der Waals surface area contributed by atoms with Crippen LogP contribution in [0.2, 0.25) is 0 Å². The van der Waals surface area contributed by atoms with E-state index >= 15 is 4.39 Å². The number of cyclic esters (lactones) is 1. The maximum Gasteiger partial charge on any atom is 0.414 e. The molecule has 0 radical (unpaired) electrons. The third-order valence-corrected chi connectivity index (χ3v) is 6.29. The summed E-state index contributed by atoms with van der Waals surface area (Å²) in [7, 11) is 0. The normalized spacial score (nSPS) is 18.6. The first-order chi connectivity index (χ1) is 17.0. The van der Waals surface area contributed by atoms with E-state index in [-0.39, 0.29) is 25.0 Å². The molecule has 2 aliphatic rings. The SMILES string of the molecule is CC(=O)NCC1CN(c2ccc(N3CCC(n4nnc(-c5ccccc5)n4)CC3)c(F)c2)C(=O)O1. The number of ether oxygens (including phenoxy) is 1. The van der Waals surface area contributed by atoms with E-state index in [1.54, 1.807) is 16.9 Å². The Bertz CT molecular complexity index is 1210. The first-order valence-electron chi connectivity index (χ1n) is 11.6. The van der Waals surface area contributed by atoms with Crippen LogP contribution < -0.4 is 15.1 Å². The molecule has 3 heterocycles. The summed E-state index contributed by atoms with van der Waals surface area (Å²) in [6.07, 6.45) is 0.494. The lowest BCUT2D eigenvalue weighted by Crippen LogP contribution is -2.36. The molecule has 2 amide bonds. The van der Waals surface area contributed by atoms with E-state index in [1.807, 2.05) is 35.2 Å². The van der Waals surface area contributed by atoms with Gasteiger partial charge < -0.3 is 15.0 Å². The predicted octanol–water partition coefficient (Wildman–Crippen LogP) is 2.78. The Morgan fingerprint density at radius 2 is 1.94 bits per heavy atom. The number of aromatic nitrogens is 4. The third-order valence-electron chi connectivity index (χ3n) is 6.29. The van der Waals surface area contributed by atoms with E-state index in [2.05, 4.69) is 20.7 Å². The number of halogens is 1.